The summed E-state index contributed by atoms with van der Waals surface area (Å²) in [6.07, 6.45) is 14.5. The third-order valence-corrected chi connectivity index (χ3v) is 11.4. The first-order valence-electron chi connectivity index (χ1n) is 17.5. The predicted octanol–water partition coefficient (Wildman–Crippen LogP) is 4.35. The van der Waals surface area contributed by atoms with Gasteiger partial charge in [0.15, 0.2) is 0 Å². The third kappa shape index (κ3) is 12.3. The Bertz CT molecular complexity index is 982. The number of nitrogen functional groups attached to an aromatic ring is 1. The monoisotopic (exact) mass is 637 g/mol. The van der Waals surface area contributed by atoms with Crippen LogP contribution in [0.2, 0.25) is 0 Å². The Morgan fingerprint density at radius 1 is 0.841 bits per heavy atom. The molecule has 1 aromatic rings. The van der Waals surface area contributed by atoms with Gasteiger partial charge in [0.2, 0.25) is 17.8 Å². The molecule has 4 rings (SSSR count). The van der Waals surface area contributed by atoms with Crippen molar-refractivity contribution >= 4 is 25.4 Å². The van der Waals surface area contributed by atoms with Gasteiger partial charge in [-0.1, -0.05) is 19.3 Å². The van der Waals surface area contributed by atoms with E-state index in [2.05, 4.69) is 35.7 Å². The van der Waals surface area contributed by atoms with Crippen LogP contribution in [0.1, 0.15) is 84.5 Å². The Balaban J connectivity index is 1.12. The van der Waals surface area contributed by atoms with Crippen molar-refractivity contribution in [2.75, 3.05) is 94.2 Å². The Morgan fingerprint density at radius 2 is 1.57 bits per heavy atom. The Hall–Kier alpha value is -1.56. The van der Waals surface area contributed by atoms with Gasteiger partial charge in [0.1, 0.15) is 0 Å². The molecule has 3 aliphatic rings. The van der Waals surface area contributed by atoms with Gasteiger partial charge in [-0.25, -0.2) is 0 Å². The molecule has 1 aliphatic heterocycles. The van der Waals surface area contributed by atoms with Crippen LogP contribution in [0.5, 0.6) is 0 Å². The second kappa shape index (κ2) is 19.2. The number of hydrogen-bond acceptors (Lipinski definition) is 12. The molecule has 13 heteroatoms. The Kier molecular flexibility index (Phi) is 15.4. The van der Waals surface area contributed by atoms with Crippen LogP contribution in [-0.4, -0.2) is 104 Å². The maximum absolute atomic E-state index is 12.9. The van der Waals surface area contributed by atoms with Crippen LogP contribution in [0.3, 0.4) is 0 Å². The molecule has 0 amide bonds. The number of nitrogens with one attached hydrogen (secondary N) is 3. The molecule has 0 spiro atoms. The summed E-state index contributed by atoms with van der Waals surface area (Å²) < 4.78 is 23.8. The van der Waals surface area contributed by atoms with E-state index in [0.717, 1.165) is 70.7 Å². The van der Waals surface area contributed by atoms with E-state index in [1.807, 2.05) is 13.8 Å². The first kappa shape index (κ1) is 35.3. The lowest BCUT2D eigenvalue weighted by atomic mass is 9.82. The van der Waals surface area contributed by atoms with E-state index in [-0.39, 0.29) is 5.95 Å². The van der Waals surface area contributed by atoms with Crippen molar-refractivity contribution in [1.82, 2.24) is 30.5 Å². The van der Waals surface area contributed by atoms with Crippen LogP contribution in [-0.2, 0) is 13.6 Å². The van der Waals surface area contributed by atoms with E-state index < -0.39 is 7.60 Å². The van der Waals surface area contributed by atoms with E-state index in [1.165, 1.54) is 64.2 Å². The first-order valence-corrected chi connectivity index (χ1v) is 19.2. The molecule has 12 nitrogen and oxygen atoms in total. The predicted molar refractivity (Wildman–Crippen MR) is 180 cm³/mol. The Labute approximate surface area is 265 Å². The van der Waals surface area contributed by atoms with Crippen LogP contribution < -0.4 is 26.6 Å². The van der Waals surface area contributed by atoms with Crippen molar-refractivity contribution in [2.24, 2.45) is 11.8 Å². The second-order valence-electron chi connectivity index (χ2n) is 12.8. The highest BCUT2D eigenvalue weighted by Gasteiger charge is 2.26. The molecular weight excluding hydrogens is 577 g/mol. The maximum atomic E-state index is 12.9. The number of rotatable bonds is 18. The van der Waals surface area contributed by atoms with Gasteiger partial charge in [0.05, 0.1) is 19.4 Å². The molecule has 5 N–H and O–H groups in total. The zero-order valence-corrected chi connectivity index (χ0v) is 28.4. The lowest BCUT2D eigenvalue weighted by molar-refractivity contribution is 0.213. The molecule has 1 aromatic heterocycles. The van der Waals surface area contributed by atoms with Crippen LogP contribution in [0.25, 0.3) is 0 Å². The number of nitrogens with zero attached hydrogens (tertiary/aromatic N) is 5. The molecule has 0 bridgehead atoms. The zero-order chi connectivity index (χ0) is 31.0. The first-order chi connectivity index (χ1) is 21.5. The molecule has 0 unspecified atom stereocenters. The normalized spacial score (nSPS) is 22.6. The van der Waals surface area contributed by atoms with Gasteiger partial charge in [0.25, 0.3) is 0 Å². The van der Waals surface area contributed by atoms with Crippen molar-refractivity contribution < 1.29 is 13.6 Å². The standard InChI is InChI=1S/C31H60N9O3P/c1-3-42-44(41,43-4-2)23-22-39-18-9-19-40(21-20-39)31-37-29(32)36-30(38-31)35-25-27-14-12-26(13-15-27)24-33-16-8-17-34-28-10-6-5-7-11-28/h26-28,33-34H,3-25H2,1-2H3,(H3,32,35,36,37,38)/t26-,27-. The summed E-state index contributed by atoms with van der Waals surface area (Å²) in [6.45, 7) is 12.8. The van der Waals surface area contributed by atoms with Gasteiger partial charge in [-0.3, -0.25) is 4.57 Å². The van der Waals surface area contributed by atoms with Crippen molar-refractivity contribution in [1.29, 1.82) is 0 Å². The molecule has 2 heterocycles. The third-order valence-electron chi connectivity index (χ3n) is 9.37. The van der Waals surface area contributed by atoms with E-state index in [0.29, 0.717) is 43.7 Å². The minimum absolute atomic E-state index is 0.247. The van der Waals surface area contributed by atoms with Gasteiger partial charge in [0, 0.05) is 38.8 Å². The smallest absolute Gasteiger partial charge is 0.331 e. The SMILES string of the molecule is CCOP(=O)(CCN1CCCN(c2nc(N)nc(NC[C@H]3CC[C@H](CNCCCNC4CCCCC4)CC3)n2)CC1)OCC. The van der Waals surface area contributed by atoms with Crippen molar-refractivity contribution in [3.63, 3.8) is 0 Å². The van der Waals surface area contributed by atoms with E-state index in [1.54, 1.807) is 0 Å². The molecule has 0 aromatic carbocycles. The van der Waals surface area contributed by atoms with Crippen LogP contribution in [0, 0.1) is 11.8 Å². The van der Waals surface area contributed by atoms with Gasteiger partial charge in [-0.2, -0.15) is 15.0 Å². The second-order valence-corrected chi connectivity index (χ2v) is 15.0. The summed E-state index contributed by atoms with van der Waals surface area (Å²) in [7, 11) is -3.04. The van der Waals surface area contributed by atoms with Gasteiger partial charge in [-0.05, 0) is 103 Å². The molecule has 1 saturated heterocycles. The number of nitrogens with two attached hydrogens (primary N) is 1. The molecule has 0 radical (unpaired) electrons. The van der Waals surface area contributed by atoms with Crippen LogP contribution in [0.4, 0.5) is 17.8 Å². The summed E-state index contributed by atoms with van der Waals surface area (Å²) in [5, 5.41) is 10.9. The van der Waals surface area contributed by atoms with Crippen molar-refractivity contribution in [3.8, 4) is 0 Å². The van der Waals surface area contributed by atoms with Gasteiger partial charge >= 0.3 is 7.60 Å². The molecular formula is C31H60N9O3P. The van der Waals surface area contributed by atoms with Gasteiger partial charge < -0.3 is 40.5 Å². The molecule has 3 fully saturated rings. The minimum Gasteiger partial charge on any atom is -0.368 e. The summed E-state index contributed by atoms with van der Waals surface area (Å²) in [5.41, 5.74) is 6.12. The highest BCUT2D eigenvalue weighted by atomic mass is 31.2. The molecule has 44 heavy (non-hydrogen) atoms. The fourth-order valence-electron chi connectivity index (χ4n) is 6.83. The van der Waals surface area contributed by atoms with E-state index >= 15 is 0 Å². The van der Waals surface area contributed by atoms with E-state index in [9.17, 15) is 4.57 Å². The van der Waals surface area contributed by atoms with Crippen molar-refractivity contribution in [3.05, 3.63) is 0 Å². The quantitative estimate of drug-likeness (QED) is 0.134. The molecule has 0 atom stereocenters. The Morgan fingerprint density at radius 3 is 2.30 bits per heavy atom. The summed E-state index contributed by atoms with van der Waals surface area (Å²) in [5.74, 6) is 2.85. The topological polar surface area (TPSA) is 143 Å². The molecule has 2 saturated carbocycles. The van der Waals surface area contributed by atoms with Crippen molar-refractivity contribution in [2.45, 2.75) is 90.5 Å². The maximum Gasteiger partial charge on any atom is 0.331 e. The summed E-state index contributed by atoms with van der Waals surface area (Å²) in [6, 6.07) is 0.764. The highest BCUT2D eigenvalue weighted by molar-refractivity contribution is 7.53. The highest BCUT2D eigenvalue weighted by Crippen LogP contribution is 2.47. The zero-order valence-electron chi connectivity index (χ0n) is 27.5. The average Bonchev–Trinajstić information content (AvgIpc) is 3.28. The number of anilines is 3. The van der Waals surface area contributed by atoms with Crippen LogP contribution in [0.15, 0.2) is 0 Å². The molecule has 2 aliphatic carbocycles. The number of hydrogen-bond donors (Lipinski definition) is 4. The summed E-state index contributed by atoms with van der Waals surface area (Å²) in [4.78, 5) is 18.1. The molecule has 252 valence electrons. The lowest BCUT2D eigenvalue weighted by Crippen LogP contribution is -2.34. The lowest BCUT2D eigenvalue weighted by Gasteiger charge is -2.29. The fraction of sp³-hybridized carbons (Fsp3) is 0.903. The summed E-state index contributed by atoms with van der Waals surface area (Å²) >= 11 is 0. The van der Waals surface area contributed by atoms with E-state index in [4.69, 9.17) is 19.8 Å². The van der Waals surface area contributed by atoms with Gasteiger partial charge in [-0.15, -0.1) is 0 Å². The fourth-order valence-corrected chi connectivity index (χ4v) is 8.47. The average molecular weight is 638 g/mol. The van der Waals surface area contributed by atoms with Crippen LogP contribution >= 0.6 is 7.60 Å². The largest absolute Gasteiger partial charge is 0.368 e. The minimum atomic E-state index is -3.04. The number of aromatic nitrogens is 3.